The van der Waals surface area contributed by atoms with Crippen LogP contribution in [-0.2, 0) is 18.0 Å². The predicted octanol–water partition coefficient (Wildman–Crippen LogP) is 3.16. The molecule has 18 heavy (non-hydrogen) atoms. The minimum atomic E-state index is 0.0130. The maximum Gasteiger partial charge on any atom is 0.196 e. The Balaban J connectivity index is 2.00. The lowest BCUT2D eigenvalue weighted by Crippen LogP contribution is -2.02. The highest BCUT2D eigenvalue weighted by Gasteiger charge is 2.18. The minimum absolute atomic E-state index is 0.0130. The fourth-order valence-corrected chi connectivity index (χ4v) is 2.33. The second-order valence-corrected chi connectivity index (χ2v) is 4.63. The maximum atomic E-state index is 12.4. The molecule has 0 unspecified atom stereocenters. The number of hydrogen-bond donors (Lipinski definition) is 0. The number of ketones is 1. The summed E-state index contributed by atoms with van der Waals surface area (Å²) >= 11 is 0. The Morgan fingerprint density at radius 2 is 1.89 bits per heavy atom. The van der Waals surface area contributed by atoms with E-state index in [1.54, 1.807) is 6.07 Å². The first-order valence-electron chi connectivity index (χ1n) is 5.96. The second-order valence-electron chi connectivity index (χ2n) is 4.63. The number of rotatable bonds is 2. The topological polar surface area (TPSA) is 39.4 Å². The molecule has 0 saturated carbocycles. The Hall–Kier alpha value is -1.87. The Morgan fingerprint density at radius 1 is 1.11 bits per heavy atom. The van der Waals surface area contributed by atoms with Crippen LogP contribution < -0.4 is 0 Å². The van der Waals surface area contributed by atoms with Crippen molar-refractivity contribution in [2.24, 2.45) is 0 Å². The number of hydrogen-bond acceptors (Lipinski definition) is 3. The SMILES string of the molecule is Cc1cc(C(=O)c2ccc3c(c2)COC3)c(C)o1. The first kappa shape index (κ1) is 11.2. The van der Waals surface area contributed by atoms with Gasteiger partial charge in [0.25, 0.3) is 0 Å². The van der Waals surface area contributed by atoms with Gasteiger partial charge in [0.15, 0.2) is 5.78 Å². The highest BCUT2D eigenvalue weighted by molar-refractivity contribution is 6.09. The van der Waals surface area contributed by atoms with Crippen LogP contribution in [-0.4, -0.2) is 5.78 Å². The molecule has 1 aliphatic heterocycles. The summed E-state index contributed by atoms with van der Waals surface area (Å²) in [6, 6.07) is 7.54. The zero-order valence-corrected chi connectivity index (χ0v) is 10.4. The van der Waals surface area contributed by atoms with E-state index in [0.717, 1.165) is 11.3 Å². The van der Waals surface area contributed by atoms with Gasteiger partial charge in [-0.25, -0.2) is 0 Å². The van der Waals surface area contributed by atoms with Crippen molar-refractivity contribution < 1.29 is 13.9 Å². The molecule has 0 atom stereocenters. The minimum Gasteiger partial charge on any atom is -0.466 e. The molecule has 0 radical (unpaired) electrons. The zero-order valence-electron chi connectivity index (χ0n) is 10.4. The summed E-state index contributed by atoms with van der Waals surface area (Å²) in [5.41, 5.74) is 3.62. The van der Waals surface area contributed by atoms with Gasteiger partial charge in [-0.05, 0) is 37.1 Å². The maximum absolute atomic E-state index is 12.4. The van der Waals surface area contributed by atoms with E-state index in [2.05, 4.69) is 0 Å². The van der Waals surface area contributed by atoms with E-state index in [-0.39, 0.29) is 5.78 Å². The van der Waals surface area contributed by atoms with Gasteiger partial charge >= 0.3 is 0 Å². The second kappa shape index (κ2) is 4.10. The molecule has 1 aromatic carbocycles. The monoisotopic (exact) mass is 242 g/mol. The van der Waals surface area contributed by atoms with Crippen molar-refractivity contribution in [1.82, 2.24) is 0 Å². The van der Waals surface area contributed by atoms with Crippen molar-refractivity contribution in [3.63, 3.8) is 0 Å². The lowest BCUT2D eigenvalue weighted by molar-refractivity contribution is 0.103. The lowest BCUT2D eigenvalue weighted by atomic mass is 9.99. The Morgan fingerprint density at radius 3 is 2.61 bits per heavy atom. The largest absolute Gasteiger partial charge is 0.466 e. The van der Waals surface area contributed by atoms with Crippen LogP contribution in [0.25, 0.3) is 0 Å². The van der Waals surface area contributed by atoms with E-state index in [9.17, 15) is 4.79 Å². The number of furan rings is 1. The quantitative estimate of drug-likeness (QED) is 0.759. The smallest absolute Gasteiger partial charge is 0.196 e. The summed E-state index contributed by atoms with van der Waals surface area (Å²) in [5, 5.41) is 0. The number of benzene rings is 1. The number of carbonyl (C=O) groups excluding carboxylic acids is 1. The Kier molecular flexibility index (Phi) is 2.56. The van der Waals surface area contributed by atoms with Crippen molar-refractivity contribution in [2.45, 2.75) is 27.1 Å². The van der Waals surface area contributed by atoms with Crippen LogP contribution in [0.4, 0.5) is 0 Å². The highest BCUT2D eigenvalue weighted by atomic mass is 16.5. The van der Waals surface area contributed by atoms with Crippen LogP contribution in [0, 0.1) is 13.8 Å². The van der Waals surface area contributed by atoms with Gasteiger partial charge in [-0.2, -0.15) is 0 Å². The zero-order chi connectivity index (χ0) is 12.7. The molecule has 92 valence electrons. The van der Waals surface area contributed by atoms with Crippen LogP contribution in [0.1, 0.15) is 38.6 Å². The molecule has 2 aromatic rings. The first-order chi connectivity index (χ1) is 8.65. The van der Waals surface area contributed by atoms with Crippen LogP contribution in [0.3, 0.4) is 0 Å². The summed E-state index contributed by atoms with van der Waals surface area (Å²) in [6.45, 7) is 4.91. The molecule has 3 nitrogen and oxygen atoms in total. The average Bonchev–Trinajstić information content (AvgIpc) is 2.93. The third kappa shape index (κ3) is 1.77. The van der Waals surface area contributed by atoms with Crippen molar-refractivity contribution >= 4 is 5.78 Å². The van der Waals surface area contributed by atoms with Gasteiger partial charge in [-0.3, -0.25) is 4.79 Å². The molecule has 1 aromatic heterocycles. The van der Waals surface area contributed by atoms with Gasteiger partial charge in [0.05, 0.1) is 18.8 Å². The Labute approximate surface area is 105 Å². The lowest BCUT2D eigenvalue weighted by Gasteiger charge is -2.02. The van der Waals surface area contributed by atoms with Crippen LogP contribution >= 0.6 is 0 Å². The Bertz CT molecular complexity index is 623. The molecule has 1 aliphatic rings. The van der Waals surface area contributed by atoms with Crippen LogP contribution in [0.15, 0.2) is 28.7 Å². The molecule has 0 saturated heterocycles. The number of fused-ring (bicyclic) bond motifs is 1. The van der Waals surface area contributed by atoms with Crippen LogP contribution in [0.2, 0.25) is 0 Å². The van der Waals surface area contributed by atoms with E-state index >= 15 is 0 Å². The van der Waals surface area contributed by atoms with Gasteiger partial charge in [0, 0.05) is 5.56 Å². The normalized spacial score (nSPS) is 13.7. The predicted molar refractivity (Wildman–Crippen MR) is 66.5 cm³/mol. The summed E-state index contributed by atoms with van der Waals surface area (Å²) in [4.78, 5) is 12.4. The summed E-state index contributed by atoms with van der Waals surface area (Å²) in [6.07, 6.45) is 0. The molecule has 0 fully saturated rings. The van der Waals surface area contributed by atoms with E-state index in [4.69, 9.17) is 9.15 Å². The van der Waals surface area contributed by atoms with Crippen LogP contribution in [0.5, 0.6) is 0 Å². The number of ether oxygens (including phenoxy) is 1. The summed E-state index contributed by atoms with van der Waals surface area (Å²) < 4.78 is 10.8. The molecule has 3 rings (SSSR count). The van der Waals surface area contributed by atoms with Gasteiger partial charge in [-0.1, -0.05) is 12.1 Å². The summed E-state index contributed by atoms with van der Waals surface area (Å²) in [5.74, 6) is 1.45. The third-order valence-corrected chi connectivity index (χ3v) is 3.27. The van der Waals surface area contributed by atoms with E-state index in [0.29, 0.717) is 30.1 Å². The van der Waals surface area contributed by atoms with Crippen molar-refractivity contribution in [1.29, 1.82) is 0 Å². The molecule has 2 heterocycles. The standard InChI is InChI=1S/C15H14O3/c1-9-5-14(10(2)18-9)15(16)11-3-4-12-7-17-8-13(12)6-11/h3-6H,7-8H2,1-2H3. The van der Waals surface area contributed by atoms with Gasteiger partial charge in [-0.15, -0.1) is 0 Å². The van der Waals surface area contributed by atoms with Gasteiger partial charge in [0.1, 0.15) is 11.5 Å². The number of aryl methyl sites for hydroxylation is 2. The molecule has 0 aliphatic carbocycles. The van der Waals surface area contributed by atoms with Crippen molar-refractivity contribution in [3.05, 3.63) is 58.0 Å². The molecular formula is C15H14O3. The van der Waals surface area contributed by atoms with E-state index < -0.39 is 0 Å². The van der Waals surface area contributed by atoms with Gasteiger partial charge < -0.3 is 9.15 Å². The van der Waals surface area contributed by atoms with E-state index in [1.165, 1.54) is 5.56 Å². The molecule has 0 spiro atoms. The fourth-order valence-electron chi connectivity index (χ4n) is 2.33. The third-order valence-electron chi connectivity index (χ3n) is 3.27. The summed E-state index contributed by atoms with van der Waals surface area (Å²) in [7, 11) is 0. The van der Waals surface area contributed by atoms with Gasteiger partial charge in [0.2, 0.25) is 0 Å². The molecule has 0 bridgehead atoms. The first-order valence-corrected chi connectivity index (χ1v) is 5.96. The molecular weight excluding hydrogens is 228 g/mol. The highest BCUT2D eigenvalue weighted by Crippen LogP contribution is 2.24. The molecule has 0 N–H and O–H groups in total. The molecule has 0 amide bonds. The van der Waals surface area contributed by atoms with Crippen molar-refractivity contribution in [3.8, 4) is 0 Å². The van der Waals surface area contributed by atoms with E-state index in [1.807, 2.05) is 32.0 Å². The molecule has 3 heteroatoms. The average molecular weight is 242 g/mol. The van der Waals surface area contributed by atoms with Crippen molar-refractivity contribution in [2.75, 3.05) is 0 Å². The fraction of sp³-hybridized carbons (Fsp3) is 0.267. The number of carbonyl (C=O) groups is 1.